The van der Waals surface area contributed by atoms with Gasteiger partial charge in [0.05, 0.1) is 23.9 Å². The standard InChI is InChI=1S/C23H18ClN3O2/c1-14-12-19(20(29-2)13-17(14)24)25-23(28)21-16-10-6-7-11-18(16)26-27-22(21)15-8-4-3-5-9-15/h3-13H,1-2H3,(H,25,28). The summed E-state index contributed by atoms with van der Waals surface area (Å²) in [6.45, 7) is 1.87. The van der Waals surface area contributed by atoms with Crippen molar-refractivity contribution < 1.29 is 9.53 Å². The number of rotatable bonds is 4. The second kappa shape index (κ2) is 7.89. The third-order valence-electron chi connectivity index (χ3n) is 4.67. The summed E-state index contributed by atoms with van der Waals surface area (Å²) in [5, 5.41) is 12.9. The van der Waals surface area contributed by atoms with E-state index in [1.54, 1.807) is 12.1 Å². The number of halogens is 1. The first-order valence-electron chi connectivity index (χ1n) is 9.05. The number of carbonyl (C=O) groups is 1. The van der Waals surface area contributed by atoms with E-state index in [1.165, 1.54) is 7.11 Å². The van der Waals surface area contributed by atoms with Gasteiger partial charge in [-0.25, -0.2) is 0 Å². The van der Waals surface area contributed by atoms with Crippen molar-refractivity contribution in [1.29, 1.82) is 0 Å². The molecule has 0 bridgehead atoms. The van der Waals surface area contributed by atoms with Gasteiger partial charge in [0.1, 0.15) is 11.4 Å². The van der Waals surface area contributed by atoms with Gasteiger partial charge in [-0.3, -0.25) is 4.79 Å². The van der Waals surface area contributed by atoms with Gasteiger partial charge in [-0.15, -0.1) is 10.2 Å². The highest BCUT2D eigenvalue weighted by Gasteiger charge is 2.21. The number of anilines is 1. The largest absolute Gasteiger partial charge is 0.495 e. The summed E-state index contributed by atoms with van der Waals surface area (Å²) in [5.41, 5.74) is 3.82. The van der Waals surface area contributed by atoms with Crippen molar-refractivity contribution in [3.8, 4) is 17.0 Å². The SMILES string of the molecule is COc1cc(Cl)c(C)cc1NC(=O)c1c(-c2ccccc2)nnc2ccccc12. The molecule has 1 N–H and O–H groups in total. The van der Waals surface area contributed by atoms with Gasteiger partial charge in [0.15, 0.2) is 0 Å². The number of aryl methyl sites for hydroxylation is 1. The summed E-state index contributed by atoms with van der Waals surface area (Å²) >= 11 is 6.19. The number of hydrogen-bond acceptors (Lipinski definition) is 4. The first-order valence-corrected chi connectivity index (χ1v) is 9.42. The molecule has 0 saturated heterocycles. The second-order valence-electron chi connectivity index (χ2n) is 6.56. The fraction of sp³-hybridized carbons (Fsp3) is 0.0870. The fourth-order valence-electron chi connectivity index (χ4n) is 3.20. The first kappa shape index (κ1) is 18.9. The van der Waals surface area contributed by atoms with E-state index in [0.717, 1.165) is 16.5 Å². The van der Waals surface area contributed by atoms with Gasteiger partial charge >= 0.3 is 0 Å². The van der Waals surface area contributed by atoms with Crippen molar-refractivity contribution in [2.75, 3.05) is 12.4 Å². The van der Waals surface area contributed by atoms with Crippen molar-refractivity contribution >= 4 is 34.1 Å². The first-order chi connectivity index (χ1) is 14.1. The van der Waals surface area contributed by atoms with Gasteiger partial charge in [-0.1, -0.05) is 60.1 Å². The van der Waals surface area contributed by atoms with Gasteiger partial charge in [0, 0.05) is 22.0 Å². The number of amides is 1. The van der Waals surface area contributed by atoms with E-state index in [-0.39, 0.29) is 5.91 Å². The predicted octanol–water partition coefficient (Wildman–Crippen LogP) is 5.52. The maximum atomic E-state index is 13.4. The Morgan fingerprint density at radius 1 is 1.00 bits per heavy atom. The molecule has 1 heterocycles. The zero-order valence-corrected chi connectivity index (χ0v) is 16.7. The number of hydrogen-bond donors (Lipinski definition) is 1. The topological polar surface area (TPSA) is 64.1 Å². The monoisotopic (exact) mass is 403 g/mol. The number of aromatic nitrogens is 2. The second-order valence-corrected chi connectivity index (χ2v) is 6.97. The molecule has 0 saturated carbocycles. The third kappa shape index (κ3) is 3.65. The van der Waals surface area contributed by atoms with Crippen LogP contribution in [0.15, 0.2) is 66.7 Å². The molecule has 0 radical (unpaired) electrons. The summed E-state index contributed by atoms with van der Waals surface area (Å²) in [6, 6.07) is 20.5. The van der Waals surface area contributed by atoms with Gasteiger partial charge in [-0.2, -0.15) is 0 Å². The molecule has 0 spiro atoms. The van der Waals surface area contributed by atoms with Crippen LogP contribution in [0.4, 0.5) is 5.69 Å². The molecule has 29 heavy (non-hydrogen) atoms. The van der Waals surface area contributed by atoms with E-state index in [2.05, 4.69) is 15.5 Å². The zero-order chi connectivity index (χ0) is 20.4. The van der Waals surface area contributed by atoms with E-state index in [1.807, 2.05) is 61.5 Å². The van der Waals surface area contributed by atoms with Gasteiger partial charge < -0.3 is 10.1 Å². The molecule has 0 aliphatic carbocycles. The van der Waals surface area contributed by atoms with Crippen molar-refractivity contribution in [3.63, 3.8) is 0 Å². The van der Waals surface area contributed by atoms with E-state index < -0.39 is 0 Å². The Balaban J connectivity index is 1.87. The van der Waals surface area contributed by atoms with Crippen molar-refractivity contribution in [2.24, 2.45) is 0 Å². The zero-order valence-electron chi connectivity index (χ0n) is 15.9. The van der Waals surface area contributed by atoms with Crippen LogP contribution in [0.25, 0.3) is 22.2 Å². The predicted molar refractivity (Wildman–Crippen MR) is 116 cm³/mol. The summed E-state index contributed by atoms with van der Waals surface area (Å²) in [4.78, 5) is 13.4. The Labute approximate surface area is 173 Å². The molecule has 0 atom stereocenters. The minimum absolute atomic E-state index is 0.296. The van der Waals surface area contributed by atoms with Crippen LogP contribution in [-0.2, 0) is 0 Å². The molecule has 3 aromatic carbocycles. The Kier molecular flexibility index (Phi) is 5.14. The highest BCUT2D eigenvalue weighted by atomic mass is 35.5. The minimum atomic E-state index is -0.296. The lowest BCUT2D eigenvalue weighted by Gasteiger charge is -2.15. The van der Waals surface area contributed by atoms with Crippen LogP contribution in [0.3, 0.4) is 0 Å². The molecule has 4 rings (SSSR count). The molecule has 0 fully saturated rings. The van der Waals surface area contributed by atoms with Crippen LogP contribution in [0.2, 0.25) is 5.02 Å². The molecule has 0 aliphatic rings. The van der Waals surface area contributed by atoms with E-state index in [0.29, 0.717) is 33.2 Å². The smallest absolute Gasteiger partial charge is 0.258 e. The molecule has 5 nitrogen and oxygen atoms in total. The van der Waals surface area contributed by atoms with Crippen LogP contribution in [-0.4, -0.2) is 23.2 Å². The normalized spacial score (nSPS) is 10.7. The van der Waals surface area contributed by atoms with Crippen molar-refractivity contribution in [1.82, 2.24) is 10.2 Å². The van der Waals surface area contributed by atoms with Crippen molar-refractivity contribution in [2.45, 2.75) is 6.92 Å². The van der Waals surface area contributed by atoms with Crippen LogP contribution in [0.1, 0.15) is 15.9 Å². The quantitative estimate of drug-likeness (QED) is 0.487. The fourth-order valence-corrected chi connectivity index (χ4v) is 3.35. The van der Waals surface area contributed by atoms with E-state index in [9.17, 15) is 4.79 Å². The molecule has 0 aliphatic heterocycles. The maximum absolute atomic E-state index is 13.4. The number of carbonyl (C=O) groups excluding carboxylic acids is 1. The summed E-state index contributed by atoms with van der Waals surface area (Å²) in [5.74, 6) is 0.191. The van der Waals surface area contributed by atoms with Crippen LogP contribution < -0.4 is 10.1 Å². The maximum Gasteiger partial charge on any atom is 0.258 e. The average Bonchev–Trinajstić information content (AvgIpc) is 2.75. The Hall–Kier alpha value is -3.44. The van der Waals surface area contributed by atoms with Gasteiger partial charge in [0.25, 0.3) is 5.91 Å². The number of benzene rings is 3. The van der Waals surface area contributed by atoms with Crippen LogP contribution >= 0.6 is 11.6 Å². The number of fused-ring (bicyclic) bond motifs is 1. The van der Waals surface area contributed by atoms with Crippen LogP contribution in [0.5, 0.6) is 5.75 Å². The minimum Gasteiger partial charge on any atom is -0.495 e. The number of methoxy groups -OCH3 is 1. The molecular formula is C23H18ClN3O2. The molecule has 144 valence electrons. The van der Waals surface area contributed by atoms with Crippen molar-refractivity contribution in [3.05, 3.63) is 82.9 Å². The Morgan fingerprint density at radius 3 is 2.48 bits per heavy atom. The molecule has 1 aromatic heterocycles. The highest BCUT2D eigenvalue weighted by Crippen LogP contribution is 2.33. The molecule has 0 unspecified atom stereocenters. The molecule has 6 heteroatoms. The average molecular weight is 404 g/mol. The van der Waals surface area contributed by atoms with Gasteiger partial charge in [0.2, 0.25) is 0 Å². The Bertz CT molecular complexity index is 1210. The molecule has 4 aromatic rings. The Morgan fingerprint density at radius 2 is 1.72 bits per heavy atom. The number of nitrogens with zero attached hydrogens (tertiary/aromatic N) is 2. The summed E-state index contributed by atoms with van der Waals surface area (Å²) in [6.07, 6.45) is 0. The van der Waals surface area contributed by atoms with E-state index >= 15 is 0 Å². The number of nitrogens with one attached hydrogen (secondary N) is 1. The van der Waals surface area contributed by atoms with Crippen LogP contribution in [0, 0.1) is 6.92 Å². The van der Waals surface area contributed by atoms with Gasteiger partial charge in [-0.05, 0) is 24.6 Å². The summed E-state index contributed by atoms with van der Waals surface area (Å²) in [7, 11) is 1.54. The van der Waals surface area contributed by atoms with E-state index in [4.69, 9.17) is 16.3 Å². The number of ether oxygens (including phenoxy) is 1. The lowest BCUT2D eigenvalue weighted by atomic mass is 10.0. The summed E-state index contributed by atoms with van der Waals surface area (Å²) < 4.78 is 5.39. The lowest BCUT2D eigenvalue weighted by Crippen LogP contribution is -2.16. The lowest BCUT2D eigenvalue weighted by molar-refractivity contribution is 0.102. The highest BCUT2D eigenvalue weighted by molar-refractivity contribution is 6.31. The molecular weight excluding hydrogens is 386 g/mol. The third-order valence-corrected chi connectivity index (χ3v) is 5.08. The molecule has 1 amide bonds.